The first-order chi connectivity index (χ1) is 13.9. The van der Waals surface area contributed by atoms with Crippen molar-refractivity contribution in [3.05, 3.63) is 58.0 Å². The van der Waals surface area contributed by atoms with Gasteiger partial charge in [0, 0.05) is 43.5 Å². The molecule has 0 saturated carbocycles. The summed E-state index contributed by atoms with van der Waals surface area (Å²) in [5, 5.41) is 0.956. The van der Waals surface area contributed by atoms with Gasteiger partial charge in [0.25, 0.3) is 5.91 Å². The Hall–Kier alpha value is -3.09. The van der Waals surface area contributed by atoms with Crippen molar-refractivity contribution in [1.29, 1.82) is 0 Å². The van der Waals surface area contributed by atoms with E-state index in [0.29, 0.717) is 17.9 Å². The second-order valence-corrected chi connectivity index (χ2v) is 7.62. The molecule has 1 amide bonds. The SMILES string of the molecule is CC(Oc1ccc2c3c(c(=O)oc2c1)CCCC3)C(=O)N(C)Cc1nccn1C. The first kappa shape index (κ1) is 19.2. The molecule has 1 aliphatic carbocycles. The van der Waals surface area contributed by atoms with Gasteiger partial charge in [-0.2, -0.15) is 0 Å². The molecule has 2 heterocycles. The summed E-state index contributed by atoms with van der Waals surface area (Å²) in [5.74, 6) is 1.15. The molecule has 0 radical (unpaired) electrons. The lowest BCUT2D eigenvalue weighted by molar-refractivity contribution is -0.137. The topological polar surface area (TPSA) is 77.6 Å². The fourth-order valence-electron chi connectivity index (χ4n) is 3.90. The molecule has 4 rings (SSSR count). The zero-order chi connectivity index (χ0) is 20.5. The molecule has 0 bridgehead atoms. The van der Waals surface area contributed by atoms with Crippen LogP contribution in [0.15, 0.2) is 39.8 Å². The van der Waals surface area contributed by atoms with Crippen molar-refractivity contribution in [2.45, 2.75) is 45.3 Å². The molecule has 152 valence electrons. The highest BCUT2D eigenvalue weighted by molar-refractivity contribution is 5.83. The molecule has 0 saturated heterocycles. The second kappa shape index (κ2) is 7.73. The number of nitrogens with zero attached hydrogens (tertiary/aromatic N) is 3. The molecule has 0 spiro atoms. The Morgan fingerprint density at radius 2 is 2.07 bits per heavy atom. The number of amides is 1. The van der Waals surface area contributed by atoms with Crippen LogP contribution in [-0.2, 0) is 31.2 Å². The van der Waals surface area contributed by atoms with Crippen LogP contribution in [0.4, 0.5) is 0 Å². The van der Waals surface area contributed by atoms with Gasteiger partial charge < -0.3 is 18.6 Å². The van der Waals surface area contributed by atoms with Crippen molar-refractivity contribution < 1.29 is 13.9 Å². The summed E-state index contributed by atoms with van der Waals surface area (Å²) in [7, 11) is 3.62. The Balaban J connectivity index is 1.52. The van der Waals surface area contributed by atoms with Crippen LogP contribution in [0.3, 0.4) is 0 Å². The van der Waals surface area contributed by atoms with Crippen LogP contribution in [0.2, 0.25) is 0 Å². The summed E-state index contributed by atoms with van der Waals surface area (Å²) in [5.41, 5.74) is 2.14. The molecule has 7 heteroatoms. The number of carbonyl (C=O) groups is 1. The number of hydrogen-bond donors (Lipinski definition) is 0. The molecule has 0 N–H and O–H groups in total. The third kappa shape index (κ3) is 3.77. The third-order valence-electron chi connectivity index (χ3n) is 5.53. The molecule has 0 aliphatic heterocycles. The Morgan fingerprint density at radius 3 is 2.79 bits per heavy atom. The first-order valence-electron chi connectivity index (χ1n) is 9.90. The summed E-state index contributed by atoms with van der Waals surface area (Å²) in [6, 6.07) is 5.46. The average Bonchev–Trinajstić information content (AvgIpc) is 3.11. The third-order valence-corrected chi connectivity index (χ3v) is 5.53. The van der Waals surface area contributed by atoms with Crippen molar-refractivity contribution in [2.75, 3.05) is 7.05 Å². The number of imidazole rings is 1. The number of fused-ring (bicyclic) bond motifs is 3. The molecular formula is C22H25N3O4. The van der Waals surface area contributed by atoms with E-state index in [4.69, 9.17) is 9.15 Å². The minimum Gasteiger partial charge on any atom is -0.481 e. The van der Waals surface area contributed by atoms with Gasteiger partial charge in [-0.05, 0) is 50.3 Å². The van der Waals surface area contributed by atoms with Gasteiger partial charge in [0.1, 0.15) is 17.2 Å². The molecule has 0 fully saturated rings. The number of ether oxygens (including phenoxy) is 1. The monoisotopic (exact) mass is 395 g/mol. The molecule has 1 aliphatic rings. The predicted molar refractivity (Wildman–Crippen MR) is 109 cm³/mol. The van der Waals surface area contributed by atoms with E-state index in [1.165, 1.54) is 0 Å². The Kier molecular flexibility index (Phi) is 5.13. The number of benzene rings is 1. The minimum absolute atomic E-state index is 0.153. The van der Waals surface area contributed by atoms with Gasteiger partial charge in [0.05, 0.1) is 6.54 Å². The fraction of sp³-hybridized carbons (Fsp3) is 0.409. The zero-order valence-corrected chi connectivity index (χ0v) is 17.0. The van der Waals surface area contributed by atoms with E-state index in [1.54, 1.807) is 31.1 Å². The van der Waals surface area contributed by atoms with Gasteiger partial charge >= 0.3 is 5.63 Å². The lowest BCUT2D eigenvalue weighted by Gasteiger charge is -2.22. The maximum Gasteiger partial charge on any atom is 0.339 e. The molecule has 2 aromatic heterocycles. The van der Waals surface area contributed by atoms with Crippen LogP contribution < -0.4 is 10.4 Å². The summed E-state index contributed by atoms with van der Waals surface area (Å²) in [4.78, 5) is 30.8. The lowest BCUT2D eigenvalue weighted by Crippen LogP contribution is -2.38. The zero-order valence-electron chi connectivity index (χ0n) is 17.0. The number of aryl methyl sites for hydroxylation is 2. The average molecular weight is 395 g/mol. The smallest absolute Gasteiger partial charge is 0.339 e. The van der Waals surface area contributed by atoms with Crippen molar-refractivity contribution in [3.8, 4) is 5.75 Å². The quantitative estimate of drug-likeness (QED) is 0.621. The summed E-state index contributed by atoms with van der Waals surface area (Å²) in [6.45, 7) is 2.11. The lowest BCUT2D eigenvalue weighted by atomic mass is 9.91. The molecule has 1 atom stereocenters. The molecule has 7 nitrogen and oxygen atoms in total. The van der Waals surface area contributed by atoms with Crippen LogP contribution in [0.5, 0.6) is 5.75 Å². The Bertz CT molecular complexity index is 1110. The van der Waals surface area contributed by atoms with Crippen molar-refractivity contribution in [3.63, 3.8) is 0 Å². The number of carbonyl (C=O) groups excluding carboxylic acids is 1. The number of rotatable bonds is 5. The predicted octanol–water partition coefficient (Wildman–Crippen LogP) is 2.83. The van der Waals surface area contributed by atoms with E-state index in [2.05, 4.69) is 4.98 Å². The molecule has 1 aromatic carbocycles. The summed E-state index contributed by atoms with van der Waals surface area (Å²) >= 11 is 0. The van der Waals surface area contributed by atoms with Gasteiger partial charge in [-0.1, -0.05) is 0 Å². The highest BCUT2D eigenvalue weighted by atomic mass is 16.5. The standard InChI is InChI=1S/C22H25N3O4/c1-14(21(26)25(3)13-20-23-10-11-24(20)2)28-15-8-9-17-16-6-4-5-7-18(16)22(27)29-19(17)12-15/h8-12,14H,4-7,13H2,1-3H3. The normalized spacial score (nSPS) is 14.4. The molecular weight excluding hydrogens is 370 g/mol. The van der Waals surface area contributed by atoms with Gasteiger partial charge in [0.15, 0.2) is 6.10 Å². The first-order valence-corrected chi connectivity index (χ1v) is 9.90. The highest BCUT2D eigenvalue weighted by Crippen LogP contribution is 2.29. The van der Waals surface area contributed by atoms with E-state index in [0.717, 1.165) is 48.0 Å². The number of aromatic nitrogens is 2. The van der Waals surface area contributed by atoms with Crippen LogP contribution in [-0.4, -0.2) is 33.5 Å². The molecule has 1 unspecified atom stereocenters. The summed E-state index contributed by atoms with van der Waals surface area (Å²) < 4.78 is 13.3. The Morgan fingerprint density at radius 1 is 1.31 bits per heavy atom. The van der Waals surface area contributed by atoms with E-state index in [1.807, 2.05) is 29.9 Å². The van der Waals surface area contributed by atoms with Gasteiger partial charge in [-0.3, -0.25) is 4.79 Å². The minimum atomic E-state index is -0.679. The van der Waals surface area contributed by atoms with Crippen molar-refractivity contribution in [2.24, 2.45) is 7.05 Å². The van der Waals surface area contributed by atoms with Gasteiger partial charge in [-0.15, -0.1) is 0 Å². The largest absolute Gasteiger partial charge is 0.481 e. The van der Waals surface area contributed by atoms with E-state index < -0.39 is 6.10 Å². The maximum absolute atomic E-state index is 12.7. The fourth-order valence-corrected chi connectivity index (χ4v) is 3.90. The van der Waals surface area contributed by atoms with Gasteiger partial charge in [0.2, 0.25) is 0 Å². The number of hydrogen-bond acceptors (Lipinski definition) is 5. The highest BCUT2D eigenvalue weighted by Gasteiger charge is 2.22. The van der Waals surface area contributed by atoms with Crippen molar-refractivity contribution in [1.82, 2.24) is 14.5 Å². The van der Waals surface area contributed by atoms with Crippen LogP contribution in [0, 0.1) is 0 Å². The Labute approximate surface area is 168 Å². The van der Waals surface area contributed by atoms with Crippen LogP contribution >= 0.6 is 0 Å². The van der Waals surface area contributed by atoms with E-state index in [-0.39, 0.29) is 11.5 Å². The molecule has 3 aromatic rings. The van der Waals surface area contributed by atoms with Gasteiger partial charge in [-0.25, -0.2) is 9.78 Å². The number of likely N-dealkylation sites (N-methyl/N-ethyl adjacent to an activating group) is 1. The second-order valence-electron chi connectivity index (χ2n) is 7.62. The van der Waals surface area contributed by atoms with E-state index in [9.17, 15) is 9.59 Å². The summed E-state index contributed by atoms with van der Waals surface area (Å²) in [6.07, 6.45) is 6.64. The maximum atomic E-state index is 12.7. The van der Waals surface area contributed by atoms with E-state index >= 15 is 0 Å². The van der Waals surface area contributed by atoms with Crippen molar-refractivity contribution >= 4 is 16.9 Å². The van der Waals surface area contributed by atoms with Crippen LogP contribution in [0.25, 0.3) is 11.0 Å². The van der Waals surface area contributed by atoms with Crippen LogP contribution in [0.1, 0.15) is 36.7 Å². The molecule has 29 heavy (non-hydrogen) atoms.